The maximum absolute atomic E-state index is 8.46. The molecule has 0 aliphatic heterocycles. The van der Waals surface area contributed by atoms with Crippen LogP contribution < -0.4 is 5.73 Å². The van der Waals surface area contributed by atoms with Crippen molar-refractivity contribution in [2.45, 2.75) is 6.04 Å². The van der Waals surface area contributed by atoms with E-state index >= 15 is 0 Å². The first-order chi connectivity index (χ1) is 5.24. The molecule has 0 aliphatic carbocycles. The Balaban J connectivity index is 2.98. The highest BCUT2D eigenvalue weighted by Gasteiger charge is 2.03. The summed E-state index contributed by atoms with van der Waals surface area (Å²) in [7, 11) is 0. The van der Waals surface area contributed by atoms with Crippen molar-refractivity contribution in [3.05, 3.63) is 28.5 Å². The van der Waals surface area contributed by atoms with E-state index in [2.05, 4.69) is 20.9 Å². The van der Waals surface area contributed by atoms with E-state index in [1.165, 1.54) is 0 Å². The van der Waals surface area contributed by atoms with Crippen LogP contribution in [-0.4, -0.2) is 4.98 Å². The van der Waals surface area contributed by atoms with Gasteiger partial charge in [0.05, 0.1) is 6.07 Å². The summed E-state index contributed by atoms with van der Waals surface area (Å²) in [5, 5.41) is 8.46. The highest BCUT2D eigenvalue weighted by molar-refractivity contribution is 9.10. The van der Waals surface area contributed by atoms with Crippen LogP contribution in [0.15, 0.2) is 22.9 Å². The molecule has 2 N–H and O–H groups in total. The zero-order valence-corrected chi connectivity index (χ0v) is 7.25. The molecule has 0 spiro atoms. The van der Waals surface area contributed by atoms with Gasteiger partial charge in [-0.25, -0.2) is 0 Å². The number of hydrogen-bond donors (Lipinski definition) is 1. The SMILES string of the molecule is N#CC(N)c1cncc(Br)c1. The molecule has 0 bridgehead atoms. The molecular formula is C7H6BrN3. The highest BCUT2D eigenvalue weighted by atomic mass is 79.9. The average Bonchev–Trinajstić information content (AvgIpc) is 2.03. The van der Waals surface area contributed by atoms with Gasteiger partial charge in [0.15, 0.2) is 0 Å². The lowest BCUT2D eigenvalue weighted by molar-refractivity contribution is 0.913. The number of nitrogens with two attached hydrogens (primary N) is 1. The Kier molecular flexibility index (Phi) is 2.58. The normalized spacial score (nSPS) is 12.1. The van der Waals surface area contributed by atoms with E-state index in [0.717, 1.165) is 10.0 Å². The number of halogens is 1. The molecule has 1 aromatic heterocycles. The van der Waals surface area contributed by atoms with E-state index in [0.29, 0.717) is 0 Å². The van der Waals surface area contributed by atoms with Crippen LogP contribution in [0.5, 0.6) is 0 Å². The summed E-state index contributed by atoms with van der Waals surface area (Å²) >= 11 is 3.23. The topological polar surface area (TPSA) is 62.7 Å². The van der Waals surface area contributed by atoms with Gasteiger partial charge >= 0.3 is 0 Å². The standard InChI is InChI=1S/C7H6BrN3/c8-6-1-5(3-11-4-6)7(10)2-9/h1,3-4,7H,10H2. The predicted octanol–water partition coefficient (Wildman–Crippen LogP) is 1.37. The number of nitriles is 1. The molecule has 0 radical (unpaired) electrons. The molecule has 11 heavy (non-hydrogen) atoms. The Morgan fingerprint density at radius 1 is 1.64 bits per heavy atom. The maximum Gasteiger partial charge on any atom is 0.120 e. The van der Waals surface area contributed by atoms with Gasteiger partial charge in [0.25, 0.3) is 0 Å². The van der Waals surface area contributed by atoms with E-state index in [4.69, 9.17) is 11.0 Å². The third-order valence-corrected chi connectivity index (χ3v) is 1.66. The number of nitrogens with zero attached hydrogens (tertiary/aromatic N) is 2. The van der Waals surface area contributed by atoms with Gasteiger partial charge in [-0.1, -0.05) is 0 Å². The van der Waals surface area contributed by atoms with E-state index in [-0.39, 0.29) is 0 Å². The lowest BCUT2D eigenvalue weighted by Crippen LogP contribution is -2.07. The molecule has 3 nitrogen and oxygen atoms in total. The Bertz CT molecular complexity index is 292. The molecule has 1 rings (SSSR count). The van der Waals surface area contributed by atoms with Gasteiger partial charge in [0.1, 0.15) is 6.04 Å². The first kappa shape index (κ1) is 8.18. The zero-order valence-electron chi connectivity index (χ0n) is 5.66. The Labute approximate surface area is 73.0 Å². The first-order valence-electron chi connectivity index (χ1n) is 2.99. The van der Waals surface area contributed by atoms with Crippen molar-refractivity contribution in [3.8, 4) is 6.07 Å². The fourth-order valence-corrected chi connectivity index (χ4v) is 1.06. The molecule has 1 aromatic rings. The van der Waals surface area contributed by atoms with Crippen LogP contribution in [-0.2, 0) is 0 Å². The molecule has 0 fully saturated rings. The van der Waals surface area contributed by atoms with Gasteiger partial charge in [-0.15, -0.1) is 0 Å². The van der Waals surface area contributed by atoms with Crippen molar-refractivity contribution in [2.24, 2.45) is 5.73 Å². The first-order valence-corrected chi connectivity index (χ1v) is 3.79. The third-order valence-electron chi connectivity index (χ3n) is 1.22. The van der Waals surface area contributed by atoms with Crippen molar-refractivity contribution in [3.63, 3.8) is 0 Å². The van der Waals surface area contributed by atoms with Crippen LogP contribution in [0.25, 0.3) is 0 Å². The average molecular weight is 212 g/mol. The van der Waals surface area contributed by atoms with Gasteiger partial charge in [-0.3, -0.25) is 4.98 Å². The van der Waals surface area contributed by atoms with Gasteiger partial charge < -0.3 is 5.73 Å². The molecule has 1 unspecified atom stereocenters. The van der Waals surface area contributed by atoms with Crippen molar-refractivity contribution in [1.82, 2.24) is 4.98 Å². The largest absolute Gasteiger partial charge is 0.312 e. The van der Waals surface area contributed by atoms with Crippen LogP contribution >= 0.6 is 15.9 Å². The Morgan fingerprint density at radius 3 is 2.91 bits per heavy atom. The minimum absolute atomic E-state index is 0.583. The monoisotopic (exact) mass is 211 g/mol. The van der Waals surface area contributed by atoms with Crippen LogP contribution in [0.4, 0.5) is 0 Å². The Morgan fingerprint density at radius 2 is 2.36 bits per heavy atom. The second-order valence-corrected chi connectivity index (χ2v) is 2.96. The summed E-state index contributed by atoms with van der Waals surface area (Å²) in [5.74, 6) is 0. The van der Waals surface area contributed by atoms with E-state index in [1.807, 2.05) is 6.07 Å². The number of hydrogen-bond acceptors (Lipinski definition) is 3. The third kappa shape index (κ3) is 2.00. The van der Waals surface area contributed by atoms with Crippen molar-refractivity contribution in [2.75, 3.05) is 0 Å². The molecule has 0 aromatic carbocycles. The second-order valence-electron chi connectivity index (χ2n) is 2.04. The molecule has 1 heterocycles. The lowest BCUT2D eigenvalue weighted by Gasteiger charge is -2.00. The summed E-state index contributed by atoms with van der Waals surface area (Å²) in [6.07, 6.45) is 3.23. The minimum atomic E-state index is -0.583. The van der Waals surface area contributed by atoms with Crippen molar-refractivity contribution >= 4 is 15.9 Å². The fourth-order valence-electron chi connectivity index (χ4n) is 0.673. The summed E-state index contributed by atoms with van der Waals surface area (Å²) in [4.78, 5) is 3.88. The minimum Gasteiger partial charge on any atom is -0.312 e. The van der Waals surface area contributed by atoms with Crippen molar-refractivity contribution < 1.29 is 0 Å². The summed E-state index contributed by atoms with van der Waals surface area (Å²) in [6.45, 7) is 0. The van der Waals surface area contributed by atoms with Crippen LogP contribution in [0.2, 0.25) is 0 Å². The van der Waals surface area contributed by atoms with Crippen LogP contribution in [0.3, 0.4) is 0 Å². The number of pyridine rings is 1. The van der Waals surface area contributed by atoms with Gasteiger partial charge in [-0.2, -0.15) is 5.26 Å². The zero-order chi connectivity index (χ0) is 8.27. The summed E-state index contributed by atoms with van der Waals surface area (Å²) < 4.78 is 0.834. The molecular weight excluding hydrogens is 206 g/mol. The van der Waals surface area contributed by atoms with Gasteiger partial charge in [-0.05, 0) is 22.0 Å². The molecule has 0 saturated carbocycles. The smallest absolute Gasteiger partial charge is 0.120 e. The Hall–Kier alpha value is -0.920. The molecule has 56 valence electrons. The van der Waals surface area contributed by atoms with Gasteiger partial charge in [0.2, 0.25) is 0 Å². The number of aromatic nitrogens is 1. The summed E-state index contributed by atoms with van der Waals surface area (Å²) in [6, 6.07) is 3.12. The predicted molar refractivity (Wildman–Crippen MR) is 44.5 cm³/mol. The molecule has 0 aliphatic rings. The van der Waals surface area contributed by atoms with Crippen molar-refractivity contribution in [1.29, 1.82) is 5.26 Å². The fraction of sp³-hybridized carbons (Fsp3) is 0.143. The molecule has 0 saturated heterocycles. The highest BCUT2D eigenvalue weighted by Crippen LogP contribution is 2.13. The number of rotatable bonds is 1. The molecule has 4 heteroatoms. The lowest BCUT2D eigenvalue weighted by atomic mass is 10.1. The van der Waals surface area contributed by atoms with Crippen LogP contribution in [0.1, 0.15) is 11.6 Å². The molecule has 1 atom stereocenters. The van der Waals surface area contributed by atoms with E-state index in [9.17, 15) is 0 Å². The van der Waals surface area contributed by atoms with E-state index in [1.54, 1.807) is 18.5 Å². The second kappa shape index (κ2) is 3.46. The summed E-state index contributed by atoms with van der Waals surface area (Å²) in [5.41, 5.74) is 6.17. The quantitative estimate of drug-likeness (QED) is 0.764. The van der Waals surface area contributed by atoms with Crippen LogP contribution in [0, 0.1) is 11.3 Å². The molecule has 0 amide bonds. The van der Waals surface area contributed by atoms with E-state index < -0.39 is 6.04 Å². The van der Waals surface area contributed by atoms with Gasteiger partial charge in [0, 0.05) is 22.4 Å². The maximum atomic E-state index is 8.46.